The van der Waals surface area contributed by atoms with Crippen molar-refractivity contribution in [2.75, 3.05) is 0 Å². The first-order valence-corrected chi connectivity index (χ1v) is 8.08. The molecule has 0 saturated carbocycles. The van der Waals surface area contributed by atoms with E-state index in [9.17, 15) is 5.11 Å². The van der Waals surface area contributed by atoms with E-state index in [-0.39, 0.29) is 0 Å². The van der Waals surface area contributed by atoms with Crippen molar-refractivity contribution in [1.82, 2.24) is 0 Å². The second kappa shape index (κ2) is 9.89. The van der Waals surface area contributed by atoms with Crippen LogP contribution in [-0.2, 0) is 12.8 Å². The van der Waals surface area contributed by atoms with E-state index in [1.54, 1.807) is 0 Å². The molecule has 1 N–H and O–H groups in total. The molecule has 0 spiro atoms. The van der Waals surface area contributed by atoms with Gasteiger partial charge in [0, 0.05) is 0 Å². The summed E-state index contributed by atoms with van der Waals surface area (Å²) in [6.45, 7) is 4.42. The molecule has 1 rings (SSSR count). The molecule has 0 radical (unpaired) electrons. The Kier molecular flexibility index (Phi) is 8.36. The standard InChI is InChI=1S/C18H30O/c1-3-5-6-7-8-9-10-11-12-17-15-16(4-2)13-14-18(17)19/h13-15,19H,3-12H2,1-2H3. The summed E-state index contributed by atoms with van der Waals surface area (Å²) in [5.74, 6) is 0.472. The van der Waals surface area contributed by atoms with E-state index in [4.69, 9.17) is 0 Å². The fourth-order valence-electron chi connectivity index (χ4n) is 2.51. The Morgan fingerprint density at radius 2 is 1.47 bits per heavy atom. The van der Waals surface area contributed by atoms with Crippen LogP contribution in [0.3, 0.4) is 0 Å². The maximum absolute atomic E-state index is 9.83. The lowest BCUT2D eigenvalue weighted by Crippen LogP contribution is -1.90. The number of phenolic OH excluding ortho intramolecular Hbond substituents is 1. The van der Waals surface area contributed by atoms with Crippen molar-refractivity contribution in [2.45, 2.75) is 78.1 Å². The van der Waals surface area contributed by atoms with E-state index in [2.05, 4.69) is 19.9 Å². The molecule has 1 heteroatoms. The fraction of sp³-hybridized carbons (Fsp3) is 0.667. The normalized spacial score (nSPS) is 10.8. The number of aromatic hydroxyl groups is 1. The number of aryl methyl sites for hydroxylation is 2. The summed E-state index contributed by atoms with van der Waals surface area (Å²) in [5.41, 5.74) is 2.46. The van der Waals surface area contributed by atoms with Gasteiger partial charge >= 0.3 is 0 Å². The average molecular weight is 262 g/mol. The molecule has 0 amide bonds. The van der Waals surface area contributed by atoms with Crippen LogP contribution in [0, 0.1) is 0 Å². The smallest absolute Gasteiger partial charge is 0.118 e. The first kappa shape index (κ1) is 16.1. The van der Waals surface area contributed by atoms with E-state index >= 15 is 0 Å². The molecular weight excluding hydrogens is 232 g/mol. The maximum atomic E-state index is 9.83. The van der Waals surface area contributed by atoms with Crippen LogP contribution in [0.5, 0.6) is 5.75 Å². The van der Waals surface area contributed by atoms with Crippen molar-refractivity contribution in [3.8, 4) is 5.75 Å². The van der Waals surface area contributed by atoms with Crippen LogP contribution in [0.2, 0.25) is 0 Å². The highest BCUT2D eigenvalue weighted by Gasteiger charge is 2.02. The van der Waals surface area contributed by atoms with Gasteiger partial charge in [-0.2, -0.15) is 0 Å². The van der Waals surface area contributed by atoms with E-state index in [0.717, 1.165) is 18.4 Å². The molecule has 0 bridgehead atoms. The van der Waals surface area contributed by atoms with Crippen molar-refractivity contribution < 1.29 is 5.11 Å². The molecule has 1 aromatic carbocycles. The van der Waals surface area contributed by atoms with Gasteiger partial charge in [0.05, 0.1) is 0 Å². The molecule has 108 valence electrons. The molecule has 0 atom stereocenters. The van der Waals surface area contributed by atoms with Crippen molar-refractivity contribution in [3.05, 3.63) is 29.3 Å². The summed E-state index contributed by atoms with van der Waals surface area (Å²) < 4.78 is 0. The van der Waals surface area contributed by atoms with Gasteiger partial charge in [0.15, 0.2) is 0 Å². The third kappa shape index (κ3) is 6.66. The lowest BCUT2D eigenvalue weighted by atomic mass is 10.0. The van der Waals surface area contributed by atoms with E-state index in [1.807, 2.05) is 12.1 Å². The van der Waals surface area contributed by atoms with Crippen molar-refractivity contribution in [1.29, 1.82) is 0 Å². The highest BCUT2D eigenvalue weighted by atomic mass is 16.3. The first-order valence-electron chi connectivity index (χ1n) is 8.08. The van der Waals surface area contributed by atoms with Gasteiger partial charge in [-0.15, -0.1) is 0 Å². The van der Waals surface area contributed by atoms with Gasteiger partial charge in [-0.05, 0) is 36.5 Å². The van der Waals surface area contributed by atoms with Gasteiger partial charge < -0.3 is 5.11 Å². The number of unbranched alkanes of at least 4 members (excludes halogenated alkanes) is 7. The van der Waals surface area contributed by atoms with Gasteiger partial charge in [0.25, 0.3) is 0 Å². The molecule has 1 aromatic rings. The maximum Gasteiger partial charge on any atom is 0.118 e. The lowest BCUT2D eigenvalue weighted by molar-refractivity contribution is 0.465. The summed E-state index contributed by atoms with van der Waals surface area (Å²) in [4.78, 5) is 0. The molecule has 0 aromatic heterocycles. The molecule has 0 saturated heterocycles. The van der Waals surface area contributed by atoms with E-state index in [0.29, 0.717) is 5.75 Å². The van der Waals surface area contributed by atoms with Crippen LogP contribution in [0.4, 0.5) is 0 Å². The fourth-order valence-corrected chi connectivity index (χ4v) is 2.51. The number of benzene rings is 1. The molecular formula is C18H30O. The topological polar surface area (TPSA) is 20.2 Å². The highest BCUT2D eigenvalue weighted by molar-refractivity contribution is 5.36. The number of hydrogen-bond acceptors (Lipinski definition) is 1. The Labute approximate surface area is 119 Å². The van der Waals surface area contributed by atoms with Gasteiger partial charge in [-0.25, -0.2) is 0 Å². The third-order valence-corrected chi connectivity index (χ3v) is 3.85. The Balaban J connectivity index is 2.15. The molecule has 0 aliphatic carbocycles. The SMILES string of the molecule is CCCCCCCCCCc1cc(CC)ccc1O. The van der Waals surface area contributed by atoms with Gasteiger partial charge in [-0.1, -0.05) is 70.9 Å². The number of phenols is 1. The molecule has 0 unspecified atom stereocenters. The van der Waals surface area contributed by atoms with Crippen LogP contribution >= 0.6 is 0 Å². The summed E-state index contributed by atoms with van der Waals surface area (Å²) in [5, 5.41) is 9.83. The minimum absolute atomic E-state index is 0.472. The summed E-state index contributed by atoms with van der Waals surface area (Å²) >= 11 is 0. The number of rotatable bonds is 10. The minimum Gasteiger partial charge on any atom is -0.508 e. The highest BCUT2D eigenvalue weighted by Crippen LogP contribution is 2.21. The monoisotopic (exact) mass is 262 g/mol. The Morgan fingerprint density at radius 1 is 0.842 bits per heavy atom. The quantitative estimate of drug-likeness (QED) is 0.541. The van der Waals surface area contributed by atoms with Crippen LogP contribution in [0.1, 0.15) is 76.3 Å². The van der Waals surface area contributed by atoms with Crippen molar-refractivity contribution in [3.63, 3.8) is 0 Å². The van der Waals surface area contributed by atoms with Crippen molar-refractivity contribution in [2.24, 2.45) is 0 Å². The van der Waals surface area contributed by atoms with Crippen molar-refractivity contribution >= 4 is 0 Å². The zero-order valence-corrected chi connectivity index (χ0v) is 12.8. The predicted octanol–water partition coefficient (Wildman–Crippen LogP) is 5.64. The first-order chi connectivity index (χ1) is 9.27. The second-order valence-electron chi connectivity index (χ2n) is 5.54. The molecule has 0 fully saturated rings. The van der Waals surface area contributed by atoms with Crippen LogP contribution in [0.15, 0.2) is 18.2 Å². The van der Waals surface area contributed by atoms with Crippen LogP contribution in [0.25, 0.3) is 0 Å². The average Bonchev–Trinajstić information content (AvgIpc) is 2.43. The summed E-state index contributed by atoms with van der Waals surface area (Å²) in [6, 6.07) is 6.03. The summed E-state index contributed by atoms with van der Waals surface area (Å²) in [7, 11) is 0. The Hall–Kier alpha value is -0.980. The van der Waals surface area contributed by atoms with E-state index < -0.39 is 0 Å². The summed E-state index contributed by atoms with van der Waals surface area (Å²) in [6.07, 6.45) is 12.8. The molecule has 1 nitrogen and oxygen atoms in total. The Morgan fingerprint density at radius 3 is 2.11 bits per heavy atom. The molecule has 0 aliphatic heterocycles. The van der Waals surface area contributed by atoms with Crippen LogP contribution in [-0.4, -0.2) is 5.11 Å². The molecule has 0 aliphatic rings. The lowest BCUT2D eigenvalue weighted by Gasteiger charge is -2.07. The zero-order chi connectivity index (χ0) is 13.9. The zero-order valence-electron chi connectivity index (χ0n) is 12.8. The van der Waals surface area contributed by atoms with E-state index in [1.165, 1.54) is 56.9 Å². The van der Waals surface area contributed by atoms with Gasteiger partial charge in [-0.3, -0.25) is 0 Å². The largest absolute Gasteiger partial charge is 0.508 e. The molecule has 19 heavy (non-hydrogen) atoms. The Bertz CT molecular complexity index is 344. The molecule has 0 heterocycles. The predicted molar refractivity (Wildman–Crippen MR) is 83.8 cm³/mol. The minimum atomic E-state index is 0.472. The third-order valence-electron chi connectivity index (χ3n) is 3.85. The van der Waals surface area contributed by atoms with Gasteiger partial charge in [0.2, 0.25) is 0 Å². The number of hydrogen-bond donors (Lipinski definition) is 1. The second-order valence-corrected chi connectivity index (χ2v) is 5.54. The van der Waals surface area contributed by atoms with Gasteiger partial charge in [0.1, 0.15) is 5.75 Å². The van der Waals surface area contributed by atoms with Crippen LogP contribution < -0.4 is 0 Å².